The fourth-order valence-corrected chi connectivity index (χ4v) is 3.12. The van der Waals surface area contributed by atoms with Crippen molar-refractivity contribution < 1.29 is 0 Å². The molecule has 110 valence electrons. The van der Waals surface area contributed by atoms with Crippen molar-refractivity contribution in [3.63, 3.8) is 0 Å². The number of aryl methyl sites for hydroxylation is 2. The van der Waals surface area contributed by atoms with E-state index >= 15 is 0 Å². The summed E-state index contributed by atoms with van der Waals surface area (Å²) >= 11 is 9.96. The van der Waals surface area contributed by atoms with Gasteiger partial charge >= 0.3 is 0 Å². The Morgan fingerprint density at radius 1 is 1.42 bits per heavy atom. The van der Waals surface area contributed by atoms with E-state index in [9.17, 15) is 0 Å². The molecule has 5 heteroatoms. The molecule has 1 atom stereocenters. The number of nitrogens with zero attached hydrogens (tertiary/aromatic N) is 2. The number of hydrogen-bond acceptors (Lipinski definition) is 2. The molecule has 0 amide bonds. The van der Waals surface area contributed by atoms with Gasteiger partial charge in [-0.2, -0.15) is 5.10 Å². The van der Waals surface area contributed by atoms with Crippen LogP contribution in [0.3, 0.4) is 0 Å². The maximum Gasteiger partial charge on any atom is 0.0739 e. The van der Waals surface area contributed by atoms with Crippen LogP contribution in [0.25, 0.3) is 0 Å². The first kappa shape index (κ1) is 17.0. The summed E-state index contributed by atoms with van der Waals surface area (Å²) in [4.78, 5) is 0. The number of aromatic nitrogens is 2. The summed E-state index contributed by atoms with van der Waals surface area (Å²) in [6.07, 6.45) is 1.01. The monoisotopic (exact) mass is 349 g/mol. The molecule has 0 aliphatic carbocycles. The summed E-state index contributed by atoms with van der Waals surface area (Å²) in [5.41, 5.74) is 2.51. The van der Waals surface area contributed by atoms with Crippen molar-refractivity contribution in [2.24, 2.45) is 5.41 Å². The highest BCUT2D eigenvalue weighted by Crippen LogP contribution is 2.24. The Bertz CT molecular complexity index is 410. The lowest BCUT2D eigenvalue weighted by molar-refractivity contribution is 0.364. The Balaban J connectivity index is 2.49. The van der Waals surface area contributed by atoms with E-state index in [4.69, 9.17) is 11.6 Å². The summed E-state index contributed by atoms with van der Waals surface area (Å²) in [7, 11) is 0. The molecule has 0 aliphatic rings. The van der Waals surface area contributed by atoms with E-state index in [1.807, 2.05) is 11.6 Å². The topological polar surface area (TPSA) is 29.9 Å². The third-order valence-electron chi connectivity index (χ3n) is 2.94. The molecule has 19 heavy (non-hydrogen) atoms. The Morgan fingerprint density at radius 2 is 2.05 bits per heavy atom. The van der Waals surface area contributed by atoms with E-state index in [2.05, 4.69) is 54.0 Å². The Morgan fingerprint density at radius 3 is 2.58 bits per heavy atom. The minimum absolute atomic E-state index is 0.165. The second-order valence-corrected chi connectivity index (χ2v) is 7.57. The van der Waals surface area contributed by atoms with Crippen LogP contribution in [0.4, 0.5) is 0 Å². The van der Waals surface area contributed by atoms with Crippen molar-refractivity contribution in [2.45, 2.75) is 59.5 Å². The molecule has 0 aliphatic heterocycles. The first-order valence-electron chi connectivity index (χ1n) is 6.81. The molecule has 0 aromatic carbocycles. The van der Waals surface area contributed by atoms with Gasteiger partial charge in [0.25, 0.3) is 0 Å². The molecule has 1 unspecified atom stereocenters. The average molecular weight is 351 g/mol. The van der Waals surface area contributed by atoms with Gasteiger partial charge in [-0.1, -0.05) is 20.8 Å². The fraction of sp³-hybridized carbons (Fsp3) is 0.786. The zero-order valence-corrected chi connectivity index (χ0v) is 14.9. The van der Waals surface area contributed by atoms with Gasteiger partial charge in [0.2, 0.25) is 0 Å². The summed E-state index contributed by atoms with van der Waals surface area (Å²) < 4.78 is 3.13. The molecule has 0 radical (unpaired) electrons. The van der Waals surface area contributed by atoms with E-state index < -0.39 is 0 Å². The quantitative estimate of drug-likeness (QED) is 0.783. The molecule has 1 heterocycles. The van der Waals surface area contributed by atoms with Crippen LogP contribution in [0, 0.1) is 12.3 Å². The largest absolute Gasteiger partial charge is 0.310 e. The zero-order chi connectivity index (χ0) is 14.6. The van der Waals surface area contributed by atoms with Crippen LogP contribution in [0.5, 0.6) is 0 Å². The molecule has 0 fully saturated rings. The van der Waals surface area contributed by atoms with Crippen LogP contribution in [-0.2, 0) is 13.1 Å². The van der Waals surface area contributed by atoms with Crippen molar-refractivity contribution >= 4 is 27.5 Å². The standard InChI is InChI=1S/C14H25BrClN3/c1-6-19-12(13(15)10(2)18-19)9-17-8-11(16)7-14(3,4)5/h11,17H,6-9H2,1-5H3. The van der Waals surface area contributed by atoms with Crippen LogP contribution in [0.15, 0.2) is 4.47 Å². The molecule has 0 saturated heterocycles. The second kappa shape index (κ2) is 7.09. The number of hydrogen-bond donors (Lipinski definition) is 1. The van der Waals surface area contributed by atoms with Crippen molar-refractivity contribution in [1.29, 1.82) is 0 Å². The molecular formula is C14H25BrClN3. The first-order chi connectivity index (χ1) is 8.74. The molecule has 1 rings (SSSR count). The van der Waals surface area contributed by atoms with Crippen LogP contribution >= 0.6 is 27.5 Å². The van der Waals surface area contributed by atoms with Gasteiger partial charge in [0.1, 0.15) is 0 Å². The molecule has 1 aromatic rings. The maximum atomic E-state index is 6.35. The van der Waals surface area contributed by atoms with E-state index in [1.54, 1.807) is 0 Å². The summed E-state index contributed by atoms with van der Waals surface area (Å²) in [5, 5.41) is 8.08. The summed E-state index contributed by atoms with van der Waals surface area (Å²) in [6.45, 7) is 13.3. The molecule has 3 nitrogen and oxygen atoms in total. The smallest absolute Gasteiger partial charge is 0.0739 e. The van der Waals surface area contributed by atoms with Crippen LogP contribution in [-0.4, -0.2) is 21.7 Å². The number of rotatable bonds is 6. The zero-order valence-electron chi connectivity index (χ0n) is 12.6. The SMILES string of the molecule is CCn1nc(C)c(Br)c1CNCC(Cl)CC(C)(C)C. The van der Waals surface area contributed by atoms with E-state index in [1.165, 1.54) is 5.69 Å². The Kier molecular flexibility index (Phi) is 6.34. The van der Waals surface area contributed by atoms with Gasteiger partial charge in [-0.25, -0.2) is 0 Å². The highest BCUT2D eigenvalue weighted by molar-refractivity contribution is 9.10. The van der Waals surface area contributed by atoms with Gasteiger partial charge in [0, 0.05) is 25.0 Å². The third-order valence-corrected chi connectivity index (χ3v) is 4.29. The van der Waals surface area contributed by atoms with Gasteiger partial charge in [0.05, 0.1) is 15.9 Å². The van der Waals surface area contributed by atoms with Crippen molar-refractivity contribution in [3.8, 4) is 0 Å². The highest BCUT2D eigenvalue weighted by Gasteiger charge is 2.17. The summed E-state index contributed by atoms with van der Waals surface area (Å²) in [6, 6.07) is 0. The van der Waals surface area contributed by atoms with Crippen molar-refractivity contribution in [2.75, 3.05) is 6.54 Å². The molecule has 0 spiro atoms. The van der Waals surface area contributed by atoms with E-state index in [-0.39, 0.29) is 10.8 Å². The molecule has 1 N–H and O–H groups in total. The fourth-order valence-electron chi connectivity index (χ4n) is 2.12. The van der Waals surface area contributed by atoms with Gasteiger partial charge in [-0.05, 0) is 41.6 Å². The normalized spacial score (nSPS) is 13.8. The lowest BCUT2D eigenvalue weighted by Gasteiger charge is -2.22. The number of alkyl halides is 1. The number of halogens is 2. The highest BCUT2D eigenvalue weighted by atomic mass is 79.9. The minimum Gasteiger partial charge on any atom is -0.310 e. The maximum absolute atomic E-state index is 6.35. The van der Waals surface area contributed by atoms with Gasteiger partial charge in [-0.15, -0.1) is 11.6 Å². The number of nitrogens with one attached hydrogen (secondary N) is 1. The minimum atomic E-state index is 0.165. The molecular weight excluding hydrogens is 326 g/mol. The Hall–Kier alpha value is -0.0600. The average Bonchev–Trinajstić information content (AvgIpc) is 2.54. The van der Waals surface area contributed by atoms with Crippen molar-refractivity contribution in [3.05, 3.63) is 15.9 Å². The van der Waals surface area contributed by atoms with Crippen LogP contribution < -0.4 is 5.32 Å². The summed E-state index contributed by atoms with van der Waals surface area (Å²) in [5.74, 6) is 0. The van der Waals surface area contributed by atoms with Crippen molar-refractivity contribution in [1.82, 2.24) is 15.1 Å². The first-order valence-corrected chi connectivity index (χ1v) is 8.04. The van der Waals surface area contributed by atoms with Gasteiger partial charge < -0.3 is 5.32 Å². The van der Waals surface area contributed by atoms with E-state index in [0.29, 0.717) is 0 Å². The molecule has 0 bridgehead atoms. The van der Waals surface area contributed by atoms with E-state index in [0.717, 1.165) is 36.2 Å². The second-order valence-electron chi connectivity index (χ2n) is 6.15. The predicted molar refractivity (Wildman–Crippen MR) is 85.8 cm³/mol. The predicted octanol–water partition coefficient (Wildman–Crippen LogP) is 4.11. The van der Waals surface area contributed by atoms with Crippen LogP contribution in [0.2, 0.25) is 0 Å². The Labute approximate surface area is 130 Å². The lowest BCUT2D eigenvalue weighted by atomic mass is 9.90. The van der Waals surface area contributed by atoms with Crippen LogP contribution in [0.1, 0.15) is 45.5 Å². The lowest BCUT2D eigenvalue weighted by Crippen LogP contribution is -2.27. The molecule has 1 aromatic heterocycles. The van der Waals surface area contributed by atoms with Gasteiger partial charge in [-0.3, -0.25) is 4.68 Å². The van der Waals surface area contributed by atoms with Gasteiger partial charge in [0.15, 0.2) is 0 Å². The third kappa shape index (κ3) is 5.44. The molecule has 0 saturated carbocycles.